The molecular weight excluding hydrogens is 402 g/mol. The van der Waals surface area contributed by atoms with Crippen LogP contribution in [0, 0.1) is 13.8 Å². The first-order valence-corrected chi connectivity index (χ1v) is 10.5. The maximum atomic E-state index is 13.1. The number of hydrogen-bond acceptors (Lipinski definition) is 6. The van der Waals surface area contributed by atoms with Crippen molar-refractivity contribution >= 4 is 22.4 Å². The van der Waals surface area contributed by atoms with E-state index in [1.165, 1.54) is 6.20 Å². The number of nitrogens with one attached hydrogen (secondary N) is 1. The number of carbonyl (C=O) groups excluding carboxylic acids is 1. The van der Waals surface area contributed by atoms with Crippen LogP contribution in [-0.2, 0) is 16.6 Å². The van der Waals surface area contributed by atoms with Crippen molar-refractivity contribution in [3.05, 3.63) is 71.2 Å². The fraction of sp³-hybridized carbons (Fsp3) is 0.227. The van der Waals surface area contributed by atoms with Gasteiger partial charge in [-0.2, -0.15) is 0 Å². The first kappa shape index (κ1) is 21.4. The minimum absolute atomic E-state index is 0.151. The molecule has 2 aromatic heterocycles. The summed E-state index contributed by atoms with van der Waals surface area (Å²) in [6.45, 7) is 3.76. The molecule has 0 saturated carbocycles. The Morgan fingerprint density at radius 1 is 1.07 bits per heavy atom. The number of aryl methyl sites for hydroxylation is 1. The van der Waals surface area contributed by atoms with Gasteiger partial charge in [-0.25, -0.2) is 4.98 Å². The molecule has 8 heteroatoms. The molecule has 1 N–H and O–H groups in total. The summed E-state index contributed by atoms with van der Waals surface area (Å²) in [7, 11) is 1.55. The molecule has 0 fully saturated rings. The van der Waals surface area contributed by atoms with Crippen LogP contribution in [0.3, 0.4) is 0 Å². The Labute approximate surface area is 177 Å². The van der Waals surface area contributed by atoms with Crippen molar-refractivity contribution < 1.29 is 18.5 Å². The van der Waals surface area contributed by atoms with Crippen LogP contribution in [0.1, 0.15) is 27.2 Å². The highest BCUT2D eigenvalue weighted by molar-refractivity contribution is 7.84. The average molecular weight is 426 g/mol. The van der Waals surface area contributed by atoms with Gasteiger partial charge in [0.2, 0.25) is 0 Å². The Hall–Kier alpha value is -3.26. The van der Waals surface area contributed by atoms with Gasteiger partial charge in [0.15, 0.2) is 0 Å². The van der Waals surface area contributed by atoms with E-state index in [-0.39, 0.29) is 22.2 Å². The first-order chi connectivity index (χ1) is 14.4. The third-order valence-corrected chi connectivity index (χ3v) is 6.05. The number of anilines is 1. The van der Waals surface area contributed by atoms with Gasteiger partial charge in [0.25, 0.3) is 5.91 Å². The zero-order chi connectivity index (χ0) is 21.7. The Balaban J connectivity index is 1.87. The van der Waals surface area contributed by atoms with Crippen LogP contribution < -0.4 is 14.8 Å². The van der Waals surface area contributed by atoms with Gasteiger partial charge in [-0.1, -0.05) is 6.07 Å². The predicted molar refractivity (Wildman–Crippen MR) is 116 cm³/mol. The van der Waals surface area contributed by atoms with Gasteiger partial charge in [0.1, 0.15) is 16.5 Å². The molecule has 0 aliphatic heterocycles. The van der Waals surface area contributed by atoms with Crippen molar-refractivity contribution in [2.45, 2.75) is 24.6 Å². The highest BCUT2D eigenvalue weighted by atomic mass is 32.2. The fourth-order valence-electron chi connectivity index (χ4n) is 2.89. The molecule has 0 aliphatic rings. The Bertz CT molecular complexity index is 1100. The number of nitrogens with zero attached hydrogens (tertiary/aromatic N) is 2. The van der Waals surface area contributed by atoms with Gasteiger partial charge >= 0.3 is 0 Å². The van der Waals surface area contributed by atoms with E-state index in [4.69, 9.17) is 9.47 Å². The highest BCUT2D eigenvalue weighted by Gasteiger charge is 2.20. The first-order valence-electron chi connectivity index (χ1n) is 9.22. The Morgan fingerprint density at radius 3 is 2.60 bits per heavy atom. The van der Waals surface area contributed by atoms with Crippen molar-refractivity contribution in [2.24, 2.45) is 0 Å². The van der Waals surface area contributed by atoms with Gasteiger partial charge in [0, 0.05) is 35.4 Å². The molecule has 2 heterocycles. The van der Waals surface area contributed by atoms with E-state index in [2.05, 4.69) is 15.3 Å². The van der Waals surface area contributed by atoms with Crippen molar-refractivity contribution in [3.8, 4) is 11.5 Å². The number of ether oxygens (including phenoxy) is 2. The monoisotopic (exact) mass is 425 g/mol. The molecule has 156 valence electrons. The maximum absolute atomic E-state index is 13.1. The van der Waals surface area contributed by atoms with Crippen LogP contribution in [0.25, 0.3) is 0 Å². The zero-order valence-corrected chi connectivity index (χ0v) is 18.1. The summed E-state index contributed by atoms with van der Waals surface area (Å²) in [5, 5.41) is 3.09. The van der Waals surface area contributed by atoms with E-state index in [0.717, 1.165) is 16.8 Å². The van der Waals surface area contributed by atoms with Gasteiger partial charge in [-0.15, -0.1) is 0 Å². The van der Waals surface area contributed by atoms with Gasteiger partial charge in [0.05, 0.1) is 36.3 Å². The van der Waals surface area contributed by atoms with Crippen LogP contribution in [0.2, 0.25) is 0 Å². The number of hydrogen-bond donors (Lipinski definition) is 1. The lowest BCUT2D eigenvalue weighted by Gasteiger charge is -2.13. The van der Waals surface area contributed by atoms with Crippen LogP contribution in [0.5, 0.6) is 11.5 Å². The minimum atomic E-state index is -1.56. The number of rotatable bonds is 7. The quantitative estimate of drug-likeness (QED) is 0.621. The third-order valence-electron chi connectivity index (χ3n) is 4.72. The number of aromatic nitrogens is 2. The summed E-state index contributed by atoms with van der Waals surface area (Å²) >= 11 is 0. The second kappa shape index (κ2) is 9.49. The van der Waals surface area contributed by atoms with E-state index in [0.29, 0.717) is 17.2 Å². The molecule has 0 saturated heterocycles. The number of methoxy groups -OCH3 is 2. The van der Waals surface area contributed by atoms with Crippen LogP contribution in [0.15, 0.2) is 53.8 Å². The molecule has 3 aromatic rings. The molecule has 1 amide bonds. The van der Waals surface area contributed by atoms with Crippen molar-refractivity contribution in [1.82, 2.24) is 9.97 Å². The molecule has 0 bridgehead atoms. The lowest BCUT2D eigenvalue weighted by atomic mass is 10.2. The van der Waals surface area contributed by atoms with Crippen LogP contribution >= 0.6 is 0 Å². The average Bonchev–Trinajstić information content (AvgIpc) is 2.77. The lowest BCUT2D eigenvalue weighted by molar-refractivity contribution is 0.102. The van der Waals surface area contributed by atoms with Gasteiger partial charge < -0.3 is 14.8 Å². The van der Waals surface area contributed by atoms with E-state index < -0.39 is 10.8 Å². The molecule has 7 nitrogen and oxygen atoms in total. The van der Waals surface area contributed by atoms with Crippen molar-refractivity contribution in [3.63, 3.8) is 0 Å². The largest absolute Gasteiger partial charge is 0.497 e. The molecule has 3 rings (SSSR count). The second-order valence-electron chi connectivity index (χ2n) is 6.55. The van der Waals surface area contributed by atoms with Gasteiger partial charge in [-0.05, 0) is 43.7 Å². The van der Waals surface area contributed by atoms with Crippen molar-refractivity contribution in [2.75, 3.05) is 19.5 Å². The van der Waals surface area contributed by atoms with E-state index in [1.54, 1.807) is 56.8 Å². The summed E-state index contributed by atoms with van der Waals surface area (Å²) in [6.07, 6.45) is 3.16. The minimum Gasteiger partial charge on any atom is -0.497 e. The van der Waals surface area contributed by atoms with E-state index in [9.17, 15) is 9.00 Å². The molecule has 1 unspecified atom stereocenters. The summed E-state index contributed by atoms with van der Waals surface area (Å²) in [4.78, 5) is 21.4. The standard InChI is InChI=1S/C22H23N3O4S/c1-14-15(2)23-11-9-19(14)25-21(26)18-6-5-10-24-22(18)30(27)13-16-7-8-17(28-3)12-20(16)29-4/h5-12H,13H2,1-4H3,(H,23,25,26). The summed E-state index contributed by atoms with van der Waals surface area (Å²) < 4.78 is 23.7. The number of benzene rings is 1. The summed E-state index contributed by atoms with van der Waals surface area (Å²) in [6, 6.07) is 10.3. The molecular formula is C22H23N3O4S. The normalized spacial score (nSPS) is 11.6. The van der Waals surface area contributed by atoms with Crippen LogP contribution in [0.4, 0.5) is 5.69 Å². The number of pyridine rings is 2. The van der Waals surface area contributed by atoms with Crippen molar-refractivity contribution in [1.29, 1.82) is 0 Å². The SMILES string of the molecule is COc1ccc(CS(=O)c2ncccc2C(=O)Nc2ccnc(C)c2C)c(OC)c1. The fourth-order valence-corrected chi connectivity index (χ4v) is 4.13. The number of carbonyl (C=O) groups is 1. The molecule has 30 heavy (non-hydrogen) atoms. The molecule has 0 radical (unpaired) electrons. The smallest absolute Gasteiger partial charge is 0.258 e. The van der Waals surface area contributed by atoms with E-state index in [1.807, 2.05) is 13.8 Å². The maximum Gasteiger partial charge on any atom is 0.258 e. The highest BCUT2D eigenvalue weighted by Crippen LogP contribution is 2.27. The Kier molecular flexibility index (Phi) is 6.79. The molecule has 1 atom stereocenters. The lowest BCUT2D eigenvalue weighted by Crippen LogP contribution is -2.17. The van der Waals surface area contributed by atoms with Crippen LogP contribution in [-0.4, -0.2) is 34.3 Å². The molecule has 0 spiro atoms. The van der Waals surface area contributed by atoms with Gasteiger partial charge in [-0.3, -0.25) is 14.0 Å². The number of amides is 1. The summed E-state index contributed by atoms with van der Waals surface area (Å²) in [5.41, 5.74) is 3.35. The second-order valence-corrected chi connectivity index (χ2v) is 7.91. The molecule has 0 aliphatic carbocycles. The Morgan fingerprint density at radius 2 is 1.87 bits per heavy atom. The molecule has 1 aromatic carbocycles. The predicted octanol–water partition coefficient (Wildman–Crippen LogP) is 3.67. The van der Waals surface area contributed by atoms with E-state index >= 15 is 0 Å². The topological polar surface area (TPSA) is 90.4 Å². The zero-order valence-electron chi connectivity index (χ0n) is 17.3. The third kappa shape index (κ3) is 4.65. The summed E-state index contributed by atoms with van der Waals surface area (Å²) in [5.74, 6) is 0.981.